The van der Waals surface area contributed by atoms with Gasteiger partial charge < -0.3 is 4.74 Å². The predicted octanol–water partition coefficient (Wildman–Crippen LogP) is 2.81. The van der Waals surface area contributed by atoms with E-state index in [4.69, 9.17) is 4.74 Å². The molecule has 0 N–H and O–H groups in total. The first kappa shape index (κ1) is 13.8. The molecule has 0 aliphatic heterocycles. The lowest BCUT2D eigenvalue weighted by atomic mass is 10.2. The van der Waals surface area contributed by atoms with Crippen LogP contribution in [0.3, 0.4) is 0 Å². The van der Waals surface area contributed by atoms with E-state index < -0.39 is 0 Å². The van der Waals surface area contributed by atoms with Crippen molar-refractivity contribution in [3.63, 3.8) is 0 Å². The van der Waals surface area contributed by atoms with E-state index in [1.54, 1.807) is 11.6 Å². The molecule has 0 fully saturated rings. The molecule has 0 unspecified atom stereocenters. The van der Waals surface area contributed by atoms with Crippen molar-refractivity contribution < 1.29 is 4.74 Å². The lowest BCUT2D eigenvalue weighted by molar-refractivity contribution is 0.343. The van der Waals surface area contributed by atoms with Crippen LogP contribution in [-0.4, -0.2) is 22.8 Å². The van der Waals surface area contributed by atoms with Crippen molar-refractivity contribution in [3.8, 4) is 6.07 Å². The molecule has 5 heteroatoms. The molecular weight excluding hydrogens is 252 g/mol. The summed E-state index contributed by atoms with van der Waals surface area (Å²) in [7, 11) is 0. The van der Waals surface area contributed by atoms with Crippen LogP contribution in [0.4, 0.5) is 5.82 Å². The highest BCUT2D eigenvalue weighted by molar-refractivity contribution is 5.60. The Labute approximate surface area is 118 Å². The third-order valence-electron chi connectivity index (χ3n) is 2.80. The summed E-state index contributed by atoms with van der Waals surface area (Å²) in [5.74, 6) is 0.530. The van der Waals surface area contributed by atoms with E-state index in [1.165, 1.54) is 6.40 Å². The Morgan fingerprint density at radius 3 is 2.80 bits per heavy atom. The van der Waals surface area contributed by atoms with E-state index in [0.717, 1.165) is 5.56 Å². The van der Waals surface area contributed by atoms with Gasteiger partial charge in [-0.25, -0.2) is 4.68 Å². The Kier molecular flexibility index (Phi) is 4.51. The van der Waals surface area contributed by atoms with Crippen LogP contribution in [0, 0.1) is 18.3 Å². The van der Waals surface area contributed by atoms with Crippen molar-refractivity contribution >= 4 is 12.2 Å². The van der Waals surface area contributed by atoms with Gasteiger partial charge in [0.05, 0.1) is 18.8 Å². The molecule has 0 amide bonds. The number of aryl methyl sites for hydroxylation is 1. The van der Waals surface area contributed by atoms with Crippen LogP contribution in [0.2, 0.25) is 0 Å². The first-order chi connectivity index (χ1) is 9.76. The maximum absolute atomic E-state index is 9.22. The van der Waals surface area contributed by atoms with Gasteiger partial charge in [0.1, 0.15) is 11.6 Å². The Bertz CT molecular complexity index is 638. The predicted molar refractivity (Wildman–Crippen MR) is 77.0 cm³/mol. The van der Waals surface area contributed by atoms with Gasteiger partial charge in [0.2, 0.25) is 0 Å². The van der Waals surface area contributed by atoms with E-state index in [1.807, 2.05) is 37.3 Å². The molecule has 0 spiro atoms. The number of nitriles is 1. The normalized spacial score (nSPS) is 10.7. The summed E-state index contributed by atoms with van der Waals surface area (Å²) in [5.41, 5.74) is 2.26. The minimum atomic E-state index is 0.483. The maximum atomic E-state index is 9.22. The van der Waals surface area contributed by atoms with Gasteiger partial charge in [-0.1, -0.05) is 30.3 Å². The van der Waals surface area contributed by atoms with Crippen LogP contribution in [-0.2, 0) is 11.3 Å². The summed E-state index contributed by atoms with van der Waals surface area (Å²) in [4.78, 5) is 4.21. The van der Waals surface area contributed by atoms with E-state index >= 15 is 0 Å². The van der Waals surface area contributed by atoms with Crippen LogP contribution in [0.5, 0.6) is 0 Å². The van der Waals surface area contributed by atoms with Crippen molar-refractivity contribution in [2.75, 3.05) is 6.61 Å². The monoisotopic (exact) mass is 268 g/mol. The molecule has 0 saturated heterocycles. The van der Waals surface area contributed by atoms with Gasteiger partial charge in [0.25, 0.3) is 0 Å². The number of nitrogens with zero attached hydrogens (tertiary/aromatic N) is 4. The Morgan fingerprint density at radius 2 is 2.15 bits per heavy atom. The van der Waals surface area contributed by atoms with Gasteiger partial charge >= 0.3 is 0 Å². The lowest BCUT2D eigenvalue weighted by Gasteiger charge is -2.04. The summed E-state index contributed by atoms with van der Waals surface area (Å²) >= 11 is 0. The van der Waals surface area contributed by atoms with Gasteiger partial charge in [-0.15, -0.1) is 0 Å². The SMILES string of the molecule is CCO/C=N/c1c(C#N)c(C)nn1Cc1ccccc1. The Hall–Kier alpha value is -2.61. The molecule has 2 aromatic rings. The van der Waals surface area contributed by atoms with Gasteiger partial charge in [0, 0.05) is 0 Å². The number of aliphatic imine (C=N–C) groups is 1. The summed E-state index contributed by atoms with van der Waals surface area (Å²) in [6, 6.07) is 12.1. The number of rotatable bonds is 5. The molecular formula is C15H16N4O. The smallest absolute Gasteiger partial charge is 0.176 e. The maximum Gasteiger partial charge on any atom is 0.176 e. The quantitative estimate of drug-likeness (QED) is 0.618. The summed E-state index contributed by atoms with van der Waals surface area (Å²) in [5, 5.41) is 13.6. The standard InChI is InChI=1S/C15H16N4O/c1-3-20-11-17-15-14(9-16)12(2)18-19(15)10-13-7-5-4-6-8-13/h4-8,11H,3,10H2,1-2H3/b17-11+. The second-order valence-electron chi connectivity index (χ2n) is 4.23. The molecule has 2 rings (SSSR count). The molecule has 0 saturated carbocycles. The molecule has 1 aromatic heterocycles. The molecule has 5 nitrogen and oxygen atoms in total. The van der Waals surface area contributed by atoms with Crippen LogP contribution in [0.1, 0.15) is 23.7 Å². The molecule has 1 aromatic carbocycles. The molecule has 0 atom stereocenters. The van der Waals surface area contributed by atoms with Crippen molar-refractivity contribution in [2.45, 2.75) is 20.4 Å². The summed E-state index contributed by atoms with van der Waals surface area (Å²) < 4.78 is 6.83. The topological polar surface area (TPSA) is 63.2 Å². The first-order valence-electron chi connectivity index (χ1n) is 6.41. The van der Waals surface area contributed by atoms with Crippen molar-refractivity contribution in [1.29, 1.82) is 5.26 Å². The van der Waals surface area contributed by atoms with Crippen LogP contribution < -0.4 is 0 Å². The highest BCUT2D eigenvalue weighted by Gasteiger charge is 2.14. The van der Waals surface area contributed by atoms with Gasteiger partial charge in [-0.2, -0.15) is 15.4 Å². The van der Waals surface area contributed by atoms with Crippen LogP contribution in [0.25, 0.3) is 0 Å². The van der Waals surface area contributed by atoms with E-state index in [9.17, 15) is 5.26 Å². The number of aromatic nitrogens is 2. The molecule has 1 heterocycles. The molecule has 0 aliphatic rings. The fourth-order valence-corrected chi connectivity index (χ4v) is 1.86. The molecule has 0 aliphatic carbocycles. The average molecular weight is 268 g/mol. The molecule has 20 heavy (non-hydrogen) atoms. The lowest BCUT2D eigenvalue weighted by Crippen LogP contribution is -2.01. The van der Waals surface area contributed by atoms with E-state index in [0.29, 0.717) is 30.2 Å². The number of hydrogen-bond donors (Lipinski definition) is 0. The second-order valence-corrected chi connectivity index (χ2v) is 4.23. The third kappa shape index (κ3) is 3.04. The minimum absolute atomic E-state index is 0.483. The van der Waals surface area contributed by atoms with Crippen molar-refractivity contribution in [2.24, 2.45) is 4.99 Å². The minimum Gasteiger partial charge on any atom is -0.483 e. The largest absolute Gasteiger partial charge is 0.483 e. The Balaban J connectivity index is 2.35. The third-order valence-corrected chi connectivity index (χ3v) is 2.80. The van der Waals surface area contributed by atoms with Gasteiger partial charge in [0.15, 0.2) is 12.2 Å². The number of benzene rings is 1. The zero-order valence-electron chi connectivity index (χ0n) is 11.6. The fourth-order valence-electron chi connectivity index (χ4n) is 1.86. The van der Waals surface area contributed by atoms with Crippen molar-refractivity contribution in [3.05, 3.63) is 47.2 Å². The van der Waals surface area contributed by atoms with Crippen LogP contribution in [0.15, 0.2) is 35.3 Å². The van der Waals surface area contributed by atoms with Gasteiger partial charge in [-0.3, -0.25) is 0 Å². The highest BCUT2D eigenvalue weighted by Crippen LogP contribution is 2.22. The zero-order valence-corrected chi connectivity index (χ0v) is 11.6. The number of ether oxygens (including phenoxy) is 1. The number of hydrogen-bond acceptors (Lipinski definition) is 4. The summed E-state index contributed by atoms with van der Waals surface area (Å²) in [6.45, 7) is 4.79. The summed E-state index contributed by atoms with van der Waals surface area (Å²) in [6.07, 6.45) is 1.36. The fraction of sp³-hybridized carbons (Fsp3) is 0.267. The average Bonchev–Trinajstić information content (AvgIpc) is 2.75. The highest BCUT2D eigenvalue weighted by atomic mass is 16.5. The first-order valence-corrected chi connectivity index (χ1v) is 6.41. The molecule has 102 valence electrons. The van der Waals surface area contributed by atoms with Crippen molar-refractivity contribution in [1.82, 2.24) is 9.78 Å². The molecule has 0 bridgehead atoms. The van der Waals surface area contributed by atoms with E-state index in [2.05, 4.69) is 16.2 Å². The van der Waals surface area contributed by atoms with E-state index in [-0.39, 0.29) is 0 Å². The van der Waals surface area contributed by atoms with Gasteiger partial charge in [-0.05, 0) is 19.4 Å². The second kappa shape index (κ2) is 6.53. The Morgan fingerprint density at radius 1 is 1.40 bits per heavy atom. The molecule has 0 radical (unpaired) electrons. The van der Waals surface area contributed by atoms with Crippen LogP contribution >= 0.6 is 0 Å². The zero-order chi connectivity index (χ0) is 14.4.